The van der Waals surface area contributed by atoms with Crippen molar-refractivity contribution in [3.8, 4) is 0 Å². The van der Waals surface area contributed by atoms with Crippen molar-refractivity contribution in [2.45, 2.75) is 47.1 Å². The molecule has 1 rings (SSSR count). The van der Waals surface area contributed by atoms with Gasteiger partial charge in [0.2, 0.25) is 0 Å². The van der Waals surface area contributed by atoms with Crippen molar-refractivity contribution >= 4 is 29.9 Å². The molecular formula is C17H38IN5. The van der Waals surface area contributed by atoms with Crippen LogP contribution in [0.2, 0.25) is 0 Å². The predicted molar refractivity (Wildman–Crippen MR) is 112 cm³/mol. The average Bonchev–Trinajstić information content (AvgIpc) is 2.52. The number of halogens is 1. The molecular weight excluding hydrogens is 401 g/mol. The highest BCUT2D eigenvalue weighted by Gasteiger charge is 2.19. The fraction of sp³-hybridized carbons (Fsp3) is 0.941. The molecule has 5 nitrogen and oxygen atoms in total. The minimum atomic E-state index is 0. The first-order valence-electron chi connectivity index (χ1n) is 9.05. The number of likely N-dealkylation sites (N-methyl/N-ethyl adjacent to an activating group) is 1. The van der Waals surface area contributed by atoms with Crippen LogP contribution in [-0.2, 0) is 0 Å². The van der Waals surface area contributed by atoms with Gasteiger partial charge in [0.05, 0.1) is 6.54 Å². The lowest BCUT2D eigenvalue weighted by atomic mass is 10.1. The molecule has 0 aromatic carbocycles. The van der Waals surface area contributed by atoms with Crippen LogP contribution in [0.15, 0.2) is 4.99 Å². The molecule has 1 unspecified atom stereocenters. The van der Waals surface area contributed by atoms with E-state index in [0.29, 0.717) is 6.04 Å². The summed E-state index contributed by atoms with van der Waals surface area (Å²) in [6.07, 6.45) is 1.18. The van der Waals surface area contributed by atoms with Gasteiger partial charge in [-0.3, -0.25) is 9.89 Å². The van der Waals surface area contributed by atoms with Crippen molar-refractivity contribution in [2.75, 3.05) is 52.4 Å². The molecule has 1 fully saturated rings. The Bertz CT molecular complexity index is 314. The number of aliphatic imine (C=N–C) groups is 1. The van der Waals surface area contributed by atoms with Gasteiger partial charge >= 0.3 is 0 Å². The molecule has 1 saturated heterocycles. The number of rotatable bonds is 8. The first kappa shape index (κ1) is 22.9. The van der Waals surface area contributed by atoms with Crippen molar-refractivity contribution in [1.82, 2.24) is 20.4 Å². The molecule has 0 spiro atoms. The molecule has 23 heavy (non-hydrogen) atoms. The van der Waals surface area contributed by atoms with E-state index < -0.39 is 0 Å². The molecule has 2 N–H and O–H groups in total. The third-order valence-electron chi connectivity index (χ3n) is 4.35. The van der Waals surface area contributed by atoms with Gasteiger partial charge in [0.25, 0.3) is 0 Å². The summed E-state index contributed by atoms with van der Waals surface area (Å²) in [5, 5.41) is 6.78. The predicted octanol–water partition coefficient (Wildman–Crippen LogP) is 2.23. The molecule has 138 valence electrons. The zero-order valence-corrected chi connectivity index (χ0v) is 18.1. The minimum absolute atomic E-state index is 0. The zero-order valence-electron chi connectivity index (χ0n) is 15.8. The molecule has 6 heteroatoms. The maximum absolute atomic E-state index is 4.76. The summed E-state index contributed by atoms with van der Waals surface area (Å²) >= 11 is 0. The summed E-state index contributed by atoms with van der Waals surface area (Å²) in [5.74, 6) is 1.69. The quantitative estimate of drug-likeness (QED) is 0.346. The third-order valence-corrected chi connectivity index (χ3v) is 4.35. The van der Waals surface area contributed by atoms with Crippen LogP contribution in [0.1, 0.15) is 41.0 Å². The summed E-state index contributed by atoms with van der Waals surface area (Å²) in [6.45, 7) is 19.8. The average molecular weight is 439 g/mol. The molecule has 1 aliphatic heterocycles. The van der Waals surface area contributed by atoms with Crippen molar-refractivity contribution < 1.29 is 0 Å². The monoisotopic (exact) mass is 439 g/mol. The highest BCUT2D eigenvalue weighted by Crippen LogP contribution is 2.06. The van der Waals surface area contributed by atoms with E-state index >= 15 is 0 Å². The molecule has 0 radical (unpaired) electrons. The molecule has 0 amide bonds. The topological polar surface area (TPSA) is 42.9 Å². The first-order chi connectivity index (χ1) is 10.6. The van der Waals surface area contributed by atoms with Gasteiger partial charge in [0, 0.05) is 45.3 Å². The fourth-order valence-corrected chi connectivity index (χ4v) is 2.68. The fourth-order valence-electron chi connectivity index (χ4n) is 2.68. The number of guanidine groups is 1. The Morgan fingerprint density at radius 1 is 1.04 bits per heavy atom. The van der Waals surface area contributed by atoms with E-state index in [2.05, 4.69) is 55.1 Å². The summed E-state index contributed by atoms with van der Waals surface area (Å²) < 4.78 is 0. The van der Waals surface area contributed by atoms with E-state index in [-0.39, 0.29) is 24.0 Å². The third kappa shape index (κ3) is 9.72. The Kier molecular flexibility index (Phi) is 13.2. The van der Waals surface area contributed by atoms with Crippen LogP contribution in [0.25, 0.3) is 0 Å². The number of hydrogen-bond acceptors (Lipinski definition) is 3. The van der Waals surface area contributed by atoms with Crippen LogP contribution in [0.5, 0.6) is 0 Å². The van der Waals surface area contributed by atoms with Gasteiger partial charge < -0.3 is 15.5 Å². The lowest BCUT2D eigenvalue weighted by Crippen LogP contribution is -2.50. The Hall–Kier alpha value is -0.0800. The Balaban J connectivity index is 0.00000484. The lowest BCUT2D eigenvalue weighted by Gasteiger charge is -2.37. The highest BCUT2D eigenvalue weighted by molar-refractivity contribution is 14.0. The van der Waals surface area contributed by atoms with E-state index in [1.165, 1.54) is 39.1 Å². The maximum atomic E-state index is 4.76. The molecule has 0 bridgehead atoms. The van der Waals surface area contributed by atoms with Crippen LogP contribution in [0.4, 0.5) is 0 Å². The van der Waals surface area contributed by atoms with E-state index in [1.807, 2.05) is 0 Å². The Morgan fingerprint density at radius 3 is 2.22 bits per heavy atom. The van der Waals surface area contributed by atoms with Gasteiger partial charge in [-0.15, -0.1) is 24.0 Å². The van der Waals surface area contributed by atoms with E-state index in [4.69, 9.17) is 4.99 Å². The van der Waals surface area contributed by atoms with E-state index in [1.54, 1.807) is 0 Å². The molecule has 0 aromatic rings. The summed E-state index contributed by atoms with van der Waals surface area (Å²) in [7, 11) is 0. The molecule has 0 aliphatic carbocycles. The van der Waals surface area contributed by atoms with Gasteiger partial charge in [0.15, 0.2) is 5.96 Å². The largest absolute Gasteiger partial charge is 0.357 e. The van der Waals surface area contributed by atoms with Crippen molar-refractivity contribution in [3.05, 3.63) is 0 Å². The zero-order chi connectivity index (χ0) is 16.4. The van der Waals surface area contributed by atoms with Crippen molar-refractivity contribution in [2.24, 2.45) is 10.9 Å². The molecule has 1 heterocycles. The number of piperazine rings is 1. The van der Waals surface area contributed by atoms with Crippen LogP contribution in [0.3, 0.4) is 0 Å². The van der Waals surface area contributed by atoms with E-state index in [9.17, 15) is 0 Å². The Labute approximate surface area is 160 Å². The van der Waals surface area contributed by atoms with Gasteiger partial charge in [-0.25, -0.2) is 0 Å². The summed E-state index contributed by atoms with van der Waals surface area (Å²) in [6, 6.07) is 0.513. The second kappa shape index (κ2) is 13.2. The van der Waals surface area contributed by atoms with Gasteiger partial charge in [-0.1, -0.05) is 20.8 Å². The van der Waals surface area contributed by atoms with Gasteiger partial charge in [-0.05, 0) is 32.7 Å². The van der Waals surface area contributed by atoms with Crippen LogP contribution in [0, 0.1) is 5.92 Å². The second-order valence-corrected chi connectivity index (χ2v) is 6.65. The van der Waals surface area contributed by atoms with Gasteiger partial charge in [-0.2, -0.15) is 0 Å². The second-order valence-electron chi connectivity index (χ2n) is 6.65. The highest BCUT2D eigenvalue weighted by atomic mass is 127. The maximum Gasteiger partial charge on any atom is 0.191 e. The lowest BCUT2D eigenvalue weighted by molar-refractivity contribution is 0.109. The summed E-state index contributed by atoms with van der Waals surface area (Å²) in [4.78, 5) is 9.84. The SMILES string of the molecule is CCNC(=NCC(C)N1CCN(CC)CC1)NCCC(C)C.I. The molecule has 1 aliphatic rings. The minimum Gasteiger partial charge on any atom is -0.357 e. The van der Waals surface area contributed by atoms with Crippen LogP contribution >= 0.6 is 24.0 Å². The van der Waals surface area contributed by atoms with E-state index in [0.717, 1.165) is 31.5 Å². The standard InChI is InChI=1S/C17H37N5.HI/c1-6-18-17(19-9-8-15(3)4)20-14-16(5)22-12-10-21(7-2)11-13-22;/h15-16H,6-14H2,1-5H3,(H2,18,19,20);1H. The number of hydrogen-bond donors (Lipinski definition) is 2. The molecule has 0 saturated carbocycles. The molecule has 1 atom stereocenters. The Morgan fingerprint density at radius 2 is 1.70 bits per heavy atom. The smallest absolute Gasteiger partial charge is 0.191 e. The van der Waals surface area contributed by atoms with Crippen molar-refractivity contribution in [3.63, 3.8) is 0 Å². The van der Waals surface area contributed by atoms with Crippen molar-refractivity contribution in [1.29, 1.82) is 0 Å². The van der Waals surface area contributed by atoms with Crippen LogP contribution < -0.4 is 10.6 Å². The van der Waals surface area contributed by atoms with Crippen LogP contribution in [-0.4, -0.2) is 74.2 Å². The van der Waals surface area contributed by atoms with Gasteiger partial charge in [0.1, 0.15) is 0 Å². The number of nitrogens with zero attached hydrogens (tertiary/aromatic N) is 3. The summed E-state index contributed by atoms with van der Waals surface area (Å²) in [5.41, 5.74) is 0. The first-order valence-corrected chi connectivity index (χ1v) is 9.05. The number of nitrogens with one attached hydrogen (secondary N) is 2. The molecule has 0 aromatic heterocycles. The normalized spacial score (nSPS) is 18.6.